The Morgan fingerprint density at radius 3 is 2.41 bits per heavy atom. The number of rotatable bonds is 4. The maximum Gasteiger partial charge on any atom is 0.342 e. The molecule has 4 heteroatoms. The number of hydrogen-bond donors (Lipinski definition) is 1. The highest BCUT2D eigenvalue weighted by Crippen LogP contribution is 2.30. The molecule has 2 aromatic rings. The summed E-state index contributed by atoms with van der Waals surface area (Å²) in [6.45, 7) is 2.00. The maximum atomic E-state index is 11.9. The molecule has 0 fully saturated rings. The first-order chi connectivity index (χ1) is 10.6. The molecule has 0 atom stereocenters. The van der Waals surface area contributed by atoms with Crippen molar-refractivity contribution >= 4 is 18.1 Å². The van der Waals surface area contributed by atoms with Gasteiger partial charge in [-0.2, -0.15) is 0 Å². The predicted octanol–water partition coefficient (Wildman–Crippen LogP) is 3.67. The molecule has 0 amide bonds. The average molecular weight is 298 g/mol. The zero-order chi connectivity index (χ0) is 16.1. The molecule has 0 radical (unpaired) electrons. The molecule has 4 nitrogen and oxygen atoms in total. The number of carbonyl (C=O) groups is 1. The monoisotopic (exact) mass is 298 g/mol. The Hall–Kier alpha value is -2.75. The fraction of sp³-hybridized carbons (Fsp3) is 0.167. The molecule has 114 valence electrons. The van der Waals surface area contributed by atoms with Gasteiger partial charge in [0, 0.05) is 6.07 Å². The van der Waals surface area contributed by atoms with E-state index in [-0.39, 0.29) is 11.3 Å². The van der Waals surface area contributed by atoms with Gasteiger partial charge >= 0.3 is 5.97 Å². The second-order valence-electron chi connectivity index (χ2n) is 4.79. The van der Waals surface area contributed by atoms with Crippen molar-refractivity contribution < 1.29 is 19.4 Å². The number of carbonyl (C=O) groups excluding carboxylic acids is 1. The van der Waals surface area contributed by atoms with Gasteiger partial charge in [-0.25, -0.2) is 4.79 Å². The van der Waals surface area contributed by atoms with E-state index in [4.69, 9.17) is 9.47 Å². The molecule has 0 aliphatic carbocycles. The molecule has 0 saturated carbocycles. The van der Waals surface area contributed by atoms with E-state index in [1.165, 1.54) is 20.3 Å². The van der Waals surface area contributed by atoms with Gasteiger partial charge in [-0.3, -0.25) is 0 Å². The van der Waals surface area contributed by atoms with Crippen LogP contribution in [0.4, 0.5) is 0 Å². The van der Waals surface area contributed by atoms with Crippen molar-refractivity contribution in [3.05, 3.63) is 58.7 Å². The number of benzene rings is 2. The van der Waals surface area contributed by atoms with E-state index in [0.29, 0.717) is 11.3 Å². The summed E-state index contributed by atoms with van der Waals surface area (Å²) < 4.78 is 9.87. The van der Waals surface area contributed by atoms with Gasteiger partial charge in [0.15, 0.2) is 0 Å². The van der Waals surface area contributed by atoms with E-state index in [0.717, 1.165) is 11.1 Å². The van der Waals surface area contributed by atoms with E-state index >= 15 is 0 Å². The number of aryl methyl sites for hydroxylation is 1. The summed E-state index contributed by atoms with van der Waals surface area (Å²) in [7, 11) is 2.78. The van der Waals surface area contributed by atoms with Crippen LogP contribution in [-0.2, 0) is 4.74 Å². The van der Waals surface area contributed by atoms with Crippen molar-refractivity contribution in [3.8, 4) is 11.5 Å². The van der Waals surface area contributed by atoms with Gasteiger partial charge in [0.05, 0.1) is 14.2 Å². The second kappa shape index (κ2) is 6.80. The summed E-state index contributed by atoms with van der Waals surface area (Å²) in [4.78, 5) is 11.9. The highest BCUT2D eigenvalue weighted by Gasteiger charge is 2.17. The third-order valence-corrected chi connectivity index (χ3v) is 3.38. The third-order valence-electron chi connectivity index (χ3n) is 3.38. The van der Waals surface area contributed by atoms with Crippen molar-refractivity contribution in [1.29, 1.82) is 0 Å². The topological polar surface area (TPSA) is 55.8 Å². The number of methoxy groups -OCH3 is 2. The normalized spacial score (nSPS) is 10.7. The fourth-order valence-electron chi connectivity index (χ4n) is 2.15. The minimum atomic E-state index is -0.593. The molecule has 0 saturated heterocycles. The zero-order valence-corrected chi connectivity index (χ0v) is 12.8. The number of phenols is 1. The average Bonchev–Trinajstić information content (AvgIpc) is 2.52. The summed E-state index contributed by atoms with van der Waals surface area (Å²) in [6.07, 6.45) is 3.65. The van der Waals surface area contributed by atoms with Crippen molar-refractivity contribution in [2.24, 2.45) is 0 Å². The lowest BCUT2D eigenvalue weighted by Gasteiger charge is -2.09. The third kappa shape index (κ3) is 3.28. The zero-order valence-electron chi connectivity index (χ0n) is 12.8. The van der Waals surface area contributed by atoms with Crippen LogP contribution in [0.3, 0.4) is 0 Å². The molecule has 0 bridgehead atoms. The summed E-state index contributed by atoms with van der Waals surface area (Å²) >= 11 is 0. The maximum absolute atomic E-state index is 11.9. The number of ether oxygens (including phenoxy) is 2. The fourth-order valence-corrected chi connectivity index (χ4v) is 2.15. The minimum absolute atomic E-state index is 0.119. The molecule has 22 heavy (non-hydrogen) atoms. The van der Waals surface area contributed by atoms with E-state index < -0.39 is 5.97 Å². The Bertz CT molecular complexity index is 717. The van der Waals surface area contributed by atoms with Gasteiger partial charge in [-0.15, -0.1) is 0 Å². The van der Waals surface area contributed by atoms with E-state index in [2.05, 4.69) is 0 Å². The van der Waals surface area contributed by atoms with Gasteiger partial charge in [0.1, 0.15) is 17.1 Å². The summed E-state index contributed by atoms with van der Waals surface area (Å²) in [5.74, 6) is -0.296. The molecule has 0 unspecified atom stereocenters. The number of hydrogen-bond acceptors (Lipinski definition) is 4. The Balaban J connectivity index is 2.51. The SMILES string of the molecule is COC(=O)c1c(O)cc(OC)cc1C=Cc1ccccc1C. The van der Waals surface area contributed by atoms with Gasteiger partial charge in [-0.1, -0.05) is 36.4 Å². The Morgan fingerprint density at radius 2 is 1.77 bits per heavy atom. The first-order valence-corrected chi connectivity index (χ1v) is 6.80. The molecule has 0 heterocycles. The molecule has 0 aromatic heterocycles. The molecule has 0 aliphatic heterocycles. The van der Waals surface area contributed by atoms with Gasteiger partial charge in [-0.05, 0) is 29.7 Å². The van der Waals surface area contributed by atoms with Crippen molar-refractivity contribution in [2.45, 2.75) is 6.92 Å². The molecular weight excluding hydrogens is 280 g/mol. The molecule has 1 N–H and O–H groups in total. The summed E-state index contributed by atoms with van der Waals surface area (Å²) in [5, 5.41) is 10.0. The van der Waals surface area contributed by atoms with Crippen LogP contribution in [0.25, 0.3) is 12.2 Å². The standard InChI is InChI=1S/C18H18O4/c1-12-6-4-5-7-13(12)8-9-14-10-15(21-2)11-16(19)17(14)18(20)22-3/h4-11,19H,1-3H3. The lowest BCUT2D eigenvalue weighted by molar-refractivity contribution is 0.0597. The Kier molecular flexibility index (Phi) is 4.84. The molecule has 0 aliphatic rings. The highest BCUT2D eigenvalue weighted by atomic mass is 16.5. The van der Waals surface area contributed by atoms with Gasteiger partial charge in [0.2, 0.25) is 0 Å². The van der Waals surface area contributed by atoms with Crippen LogP contribution in [0.15, 0.2) is 36.4 Å². The van der Waals surface area contributed by atoms with Crippen molar-refractivity contribution in [2.75, 3.05) is 14.2 Å². The van der Waals surface area contributed by atoms with E-state index in [1.54, 1.807) is 12.1 Å². The first-order valence-electron chi connectivity index (χ1n) is 6.80. The molecule has 2 aromatic carbocycles. The van der Waals surface area contributed by atoms with E-state index in [1.807, 2.05) is 37.3 Å². The predicted molar refractivity (Wildman–Crippen MR) is 86.1 cm³/mol. The van der Waals surface area contributed by atoms with Crippen LogP contribution in [0.1, 0.15) is 27.0 Å². The lowest BCUT2D eigenvalue weighted by Crippen LogP contribution is -2.04. The van der Waals surface area contributed by atoms with Crippen molar-refractivity contribution in [3.63, 3.8) is 0 Å². The Morgan fingerprint density at radius 1 is 1.09 bits per heavy atom. The molecule has 2 rings (SSSR count). The van der Waals surface area contributed by atoms with Crippen LogP contribution in [-0.4, -0.2) is 25.3 Å². The summed E-state index contributed by atoms with van der Waals surface area (Å²) in [5.41, 5.74) is 2.80. The smallest absolute Gasteiger partial charge is 0.342 e. The van der Waals surface area contributed by atoms with Crippen LogP contribution >= 0.6 is 0 Å². The van der Waals surface area contributed by atoms with Crippen LogP contribution in [0.5, 0.6) is 11.5 Å². The van der Waals surface area contributed by atoms with Crippen LogP contribution in [0.2, 0.25) is 0 Å². The second-order valence-corrected chi connectivity index (χ2v) is 4.79. The van der Waals surface area contributed by atoms with E-state index in [9.17, 15) is 9.90 Å². The number of phenolic OH excluding ortho intramolecular Hbond substituents is 1. The van der Waals surface area contributed by atoms with Crippen molar-refractivity contribution in [1.82, 2.24) is 0 Å². The Labute approximate surface area is 129 Å². The first kappa shape index (κ1) is 15.6. The molecular formula is C18H18O4. The lowest BCUT2D eigenvalue weighted by atomic mass is 10.0. The largest absolute Gasteiger partial charge is 0.507 e. The number of aromatic hydroxyl groups is 1. The summed E-state index contributed by atoms with van der Waals surface area (Å²) in [6, 6.07) is 11.0. The van der Waals surface area contributed by atoms with Crippen LogP contribution < -0.4 is 4.74 Å². The minimum Gasteiger partial charge on any atom is -0.507 e. The highest BCUT2D eigenvalue weighted by molar-refractivity contribution is 5.98. The molecule has 0 spiro atoms. The van der Waals surface area contributed by atoms with Crippen LogP contribution in [0, 0.1) is 6.92 Å². The van der Waals surface area contributed by atoms with Gasteiger partial charge in [0.25, 0.3) is 0 Å². The number of esters is 1. The van der Waals surface area contributed by atoms with Gasteiger partial charge < -0.3 is 14.6 Å². The quantitative estimate of drug-likeness (QED) is 0.691.